The lowest BCUT2D eigenvalue weighted by Crippen LogP contribution is -2.45. The van der Waals surface area contributed by atoms with Crippen molar-refractivity contribution < 1.29 is 9.59 Å². The largest absolute Gasteiger partial charge is 0.369 e. The maximum absolute atomic E-state index is 10.9. The molecule has 0 aromatic carbocycles. The van der Waals surface area contributed by atoms with Crippen LogP contribution in [0.15, 0.2) is 0 Å². The van der Waals surface area contributed by atoms with E-state index in [-0.39, 0.29) is 0 Å². The van der Waals surface area contributed by atoms with Crippen LogP contribution in [-0.2, 0) is 9.59 Å². The molecule has 2 atom stereocenters. The maximum Gasteiger partial charge on any atom is 0.238 e. The maximum atomic E-state index is 10.9. The minimum atomic E-state index is -1.25. The molecule has 0 aliphatic heterocycles. The molecule has 2 unspecified atom stereocenters. The molecule has 12 heavy (non-hydrogen) atoms. The summed E-state index contributed by atoms with van der Waals surface area (Å²) in [5.74, 6) is -1.87. The van der Waals surface area contributed by atoms with E-state index in [4.69, 9.17) is 17.2 Å². The van der Waals surface area contributed by atoms with Crippen molar-refractivity contribution in [2.75, 3.05) is 0 Å². The molecule has 0 saturated heterocycles. The van der Waals surface area contributed by atoms with Gasteiger partial charge in [0.1, 0.15) is 5.54 Å². The van der Waals surface area contributed by atoms with E-state index in [1.54, 1.807) is 13.8 Å². The van der Waals surface area contributed by atoms with Crippen LogP contribution in [0.2, 0.25) is 0 Å². The molecule has 0 bridgehead atoms. The highest BCUT2D eigenvalue weighted by Gasteiger charge is 2.75. The van der Waals surface area contributed by atoms with Crippen molar-refractivity contribution in [2.45, 2.75) is 19.4 Å². The van der Waals surface area contributed by atoms with Gasteiger partial charge in [-0.3, -0.25) is 9.59 Å². The first-order valence-corrected chi connectivity index (χ1v) is 3.64. The van der Waals surface area contributed by atoms with Crippen LogP contribution in [0.3, 0.4) is 0 Å². The van der Waals surface area contributed by atoms with Crippen LogP contribution in [0, 0.1) is 11.3 Å². The number of nitrogens with two attached hydrogens (primary N) is 3. The molecular weight excluding hydrogens is 158 g/mol. The summed E-state index contributed by atoms with van der Waals surface area (Å²) in [4.78, 5) is 21.7. The lowest BCUT2D eigenvalue weighted by molar-refractivity contribution is -0.124. The van der Waals surface area contributed by atoms with E-state index < -0.39 is 28.7 Å². The third-order valence-electron chi connectivity index (χ3n) is 2.85. The molecule has 0 aromatic rings. The lowest BCUT2D eigenvalue weighted by atomic mass is 10.1. The molecule has 1 rings (SSSR count). The summed E-state index contributed by atoms with van der Waals surface area (Å²) < 4.78 is 0. The molecule has 1 aliphatic rings. The highest BCUT2D eigenvalue weighted by molar-refractivity contribution is 6.00. The highest BCUT2D eigenvalue weighted by Crippen LogP contribution is 2.59. The van der Waals surface area contributed by atoms with Crippen LogP contribution >= 0.6 is 0 Å². The number of amides is 2. The SMILES string of the molecule is CC1(C)C(C(N)=O)C1(N)C(N)=O. The summed E-state index contributed by atoms with van der Waals surface area (Å²) in [5.41, 5.74) is 13.9. The van der Waals surface area contributed by atoms with Gasteiger partial charge in [-0.2, -0.15) is 0 Å². The molecule has 1 aliphatic carbocycles. The molecule has 0 aromatic heterocycles. The Balaban J connectivity index is 2.99. The van der Waals surface area contributed by atoms with E-state index in [1.165, 1.54) is 0 Å². The van der Waals surface area contributed by atoms with Crippen LogP contribution < -0.4 is 17.2 Å². The van der Waals surface area contributed by atoms with Crippen LogP contribution in [-0.4, -0.2) is 17.4 Å². The summed E-state index contributed by atoms with van der Waals surface area (Å²) in [6.45, 7) is 3.40. The fraction of sp³-hybridized carbons (Fsp3) is 0.714. The Kier molecular flexibility index (Phi) is 1.48. The first-order chi connectivity index (χ1) is 5.26. The number of carbonyl (C=O) groups is 2. The minimum Gasteiger partial charge on any atom is -0.369 e. The third kappa shape index (κ3) is 0.714. The first kappa shape index (κ1) is 8.99. The van der Waals surface area contributed by atoms with Crippen molar-refractivity contribution in [1.82, 2.24) is 0 Å². The van der Waals surface area contributed by atoms with Crippen molar-refractivity contribution >= 4 is 11.8 Å². The summed E-state index contributed by atoms with van der Waals surface area (Å²) in [6.07, 6.45) is 0. The summed E-state index contributed by atoms with van der Waals surface area (Å²) in [7, 11) is 0. The number of hydrogen-bond donors (Lipinski definition) is 3. The summed E-state index contributed by atoms with van der Waals surface area (Å²) >= 11 is 0. The van der Waals surface area contributed by atoms with Crippen molar-refractivity contribution in [3.05, 3.63) is 0 Å². The fourth-order valence-corrected chi connectivity index (χ4v) is 1.84. The predicted molar refractivity (Wildman–Crippen MR) is 42.6 cm³/mol. The van der Waals surface area contributed by atoms with Crippen LogP contribution in [0.25, 0.3) is 0 Å². The zero-order valence-electron chi connectivity index (χ0n) is 7.13. The van der Waals surface area contributed by atoms with Crippen LogP contribution in [0.4, 0.5) is 0 Å². The third-order valence-corrected chi connectivity index (χ3v) is 2.85. The van der Waals surface area contributed by atoms with E-state index in [2.05, 4.69) is 0 Å². The molecule has 0 spiro atoms. The molecule has 5 heteroatoms. The van der Waals surface area contributed by atoms with Crippen molar-refractivity contribution in [2.24, 2.45) is 28.5 Å². The molecule has 1 fully saturated rings. The molecule has 5 nitrogen and oxygen atoms in total. The molecule has 1 saturated carbocycles. The van der Waals surface area contributed by atoms with Gasteiger partial charge in [-0.05, 0) is 0 Å². The van der Waals surface area contributed by atoms with Gasteiger partial charge in [-0.25, -0.2) is 0 Å². The Morgan fingerprint density at radius 3 is 1.75 bits per heavy atom. The number of rotatable bonds is 2. The zero-order valence-corrected chi connectivity index (χ0v) is 7.13. The van der Waals surface area contributed by atoms with Crippen molar-refractivity contribution in [3.63, 3.8) is 0 Å². The minimum absolute atomic E-state index is 0.568. The standard InChI is InChI=1S/C7H13N3O2/c1-6(2)3(4(8)11)7(6,10)5(9)12/h3H,10H2,1-2H3,(H2,8,11)(H2,9,12). The molecule has 68 valence electrons. The Hall–Kier alpha value is -1.10. The van der Waals surface area contributed by atoms with Crippen LogP contribution in [0.5, 0.6) is 0 Å². The molecule has 0 radical (unpaired) electrons. The normalized spacial score (nSPS) is 37.4. The Bertz CT molecular complexity index is 261. The van der Waals surface area contributed by atoms with E-state index in [1.807, 2.05) is 0 Å². The van der Waals surface area contributed by atoms with Crippen LogP contribution in [0.1, 0.15) is 13.8 Å². The monoisotopic (exact) mass is 171 g/mol. The number of hydrogen-bond acceptors (Lipinski definition) is 3. The lowest BCUT2D eigenvalue weighted by Gasteiger charge is -2.07. The van der Waals surface area contributed by atoms with Gasteiger partial charge in [-0.1, -0.05) is 13.8 Å². The summed E-state index contributed by atoms with van der Waals surface area (Å²) in [5, 5.41) is 0. The first-order valence-electron chi connectivity index (χ1n) is 3.64. The molecule has 6 N–H and O–H groups in total. The van der Waals surface area contributed by atoms with Crippen molar-refractivity contribution in [3.8, 4) is 0 Å². The van der Waals surface area contributed by atoms with Gasteiger partial charge >= 0.3 is 0 Å². The van der Waals surface area contributed by atoms with Gasteiger partial charge in [0.05, 0.1) is 5.92 Å². The van der Waals surface area contributed by atoms with Crippen molar-refractivity contribution in [1.29, 1.82) is 0 Å². The number of primary amides is 2. The second kappa shape index (κ2) is 1.98. The van der Waals surface area contributed by atoms with Gasteiger partial charge in [-0.15, -0.1) is 0 Å². The molecular formula is C7H13N3O2. The second-order valence-corrected chi connectivity index (χ2v) is 3.79. The van der Waals surface area contributed by atoms with Gasteiger partial charge in [0.15, 0.2) is 0 Å². The smallest absolute Gasteiger partial charge is 0.238 e. The Labute approximate surface area is 70.3 Å². The molecule has 0 heterocycles. The van der Waals surface area contributed by atoms with E-state index >= 15 is 0 Å². The Morgan fingerprint density at radius 1 is 1.25 bits per heavy atom. The highest BCUT2D eigenvalue weighted by atomic mass is 16.2. The van der Waals surface area contributed by atoms with Gasteiger partial charge < -0.3 is 17.2 Å². The zero-order chi connectivity index (χ0) is 9.73. The average molecular weight is 171 g/mol. The van der Waals surface area contributed by atoms with Gasteiger partial charge in [0, 0.05) is 5.41 Å². The van der Waals surface area contributed by atoms with E-state index in [0.29, 0.717) is 0 Å². The quantitative estimate of drug-likeness (QED) is 0.460. The summed E-state index contributed by atoms with van der Waals surface area (Å²) in [6, 6.07) is 0. The van der Waals surface area contributed by atoms with E-state index in [0.717, 1.165) is 0 Å². The molecule has 2 amide bonds. The van der Waals surface area contributed by atoms with E-state index in [9.17, 15) is 9.59 Å². The number of carbonyl (C=O) groups excluding carboxylic acids is 2. The van der Waals surface area contributed by atoms with Gasteiger partial charge in [0.25, 0.3) is 0 Å². The predicted octanol–water partition coefficient (Wildman–Crippen LogP) is -1.69. The van der Waals surface area contributed by atoms with Gasteiger partial charge in [0.2, 0.25) is 11.8 Å². The fourth-order valence-electron chi connectivity index (χ4n) is 1.84. The topological polar surface area (TPSA) is 112 Å². The second-order valence-electron chi connectivity index (χ2n) is 3.79. The average Bonchev–Trinajstić information content (AvgIpc) is 2.28. The Morgan fingerprint density at radius 2 is 1.67 bits per heavy atom.